The Morgan fingerprint density at radius 3 is 2.50 bits per heavy atom. The molecule has 0 radical (unpaired) electrons. The van der Waals surface area contributed by atoms with Crippen molar-refractivity contribution >= 4 is 5.97 Å². The van der Waals surface area contributed by atoms with Crippen molar-refractivity contribution in [3.05, 3.63) is 0 Å². The van der Waals surface area contributed by atoms with Crippen LogP contribution in [0.4, 0.5) is 0 Å². The first-order valence-electron chi connectivity index (χ1n) is 3.23. The number of nitrogens with two attached hydrogens (primary N) is 1. The summed E-state index contributed by atoms with van der Waals surface area (Å²) >= 11 is 0. The van der Waals surface area contributed by atoms with E-state index in [-0.39, 0.29) is 13.0 Å². The van der Waals surface area contributed by atoms with E-state index in [1.165, 1.54) is 0 Å². The van der Waals surface area contributed by atoms with Gasteiger partial charge in [-0.05, 0) is 13.3 Å². The van der Waals surface area contributed by atoms with E-state index in [1.54, 1.807) is 13.8 Å². The molecular weight excluding hydrogens is 134 g/mol. The van der Waals surface area contributed by atoms with Crippen molar-refractivity contribution in [1.29, 1.82) is 0 Å². The van der Waals surface area contributed by atoms with Crippen LogP contribution in [-0.2, 0) is 9.53 Å². The molecule has 4 nitrogen and oxygen atoms in total. The molecule has 0 aromatic carbocycles. The normalized spacial score (nSPS) is 16.0. The van der Waals surface area contributed by atoms with Crippen molar-refractivity contribution in [3.63, 3.8) is 0 Å². The third-order valence-electron chi connectivity index (χ3n) is 1.17. The quantitative estimate of drug-likeness (QED) is 0.421. The second kappa shape index (κ2) is 3.53. The largest absolute Gasteiger partial charge is 0.463 e. The fourth-order valence-electron chi connectivity index (χ4n) is 0.400. The van der Waals surface area contributed by atoms with Crippen LogP contribution in [0.5, 0.6) is 0 Å². The lowest BCUT2D eigenvalue weighted by molar-refractivity contribution is -0.164. The highest BCUT2D eigenvalue weighted by atomic mass is 16.6. The van der Waals surface area contributed by atoms with Gasteiger partial charge in [0.05, 0.1) is 6.61 Å². The van der Waals surface area contributed by atoms with Crippen molar-refractivity contribution in [2.45, 2.75) is 26.0 Å². The average molecular weight is 147 g/mol. The average Bonchev–Trinajstić information content (AvgIpc) is 1.89. The topological polar surface area (TPSA) is 72.5 Å². The number of rotatable bonds is 3. The minimum atomic E-state index is -1.81. The standard InChI is InChI=1S/C6H13NO3/c1-3-6(7,9)5(8)10-4-2/h9H,3-4,7H2,1-2H3. The van der Waals surface area contributed by atoms with E-state index in [4.69, 9.17) is 10.8 Å². The summed E-state index contributed by atoms with van der Waals surface area (Å²) in [6.45, 7) is 3.50. The molecule has 0 aromatic heterocycles. The maximum atomic E-state index is 10.7. The van der Waals surface area contributed by atoms with Crippen molar-refractivity contribution in [1.82, 2.24) is 0 Å². The summed E-state index contributed by atoms with van der Waals surface area (Å²) in [6.07, 6.45) is 0.159. The number of hydrogen-bond acceptors (Lipinski definition) is 4. The van der Waals surface area contributed by atoms with Crippen molar-refractivity contribution < 1.29 is 14.6 Å². The maximum Gasteiger partial charge on any atom is 0.353 e. The van der Waals surface area contributed by atoms with Gasteiger partial charge in [-0.15, -0.1) is 0 Å². The fourth-order valence-corrected chi connectivity index (χ4v) is 0.400. The molecule has 0 aliphatic carbocycles. The summed E-state index contributed by atoms with van der Waals surface area (Å²) in [5.74, 6) is -0.766. The molecule has 0 fully saturated rings. The summed E-state index contributed by atoms with van der Waals surface area (Å²) < 4.78 is 4.48. The Balaban J connectivity index is 3.91. The van der Waals surface area contributed by atoms with Crippen LogP contribution in [0.2, 0.25) is 0 Å². The molecule has 0 saturated heterocycles. The maximum absolute atomic E-state index is 10.7. The second-order valence-electron chi connectivity index (χ2n) is 2.00. The molecule has 0 heterocycles. The Bertz CT molecular complexity index is 122. The van der Waals surface area contributed by atoms with Gasteiger partial charge in [-0.3, -0.25) is 5.73 Å². The zero-order valence-electron chi connectivity index (χ0n) is 6.26. The van der Waals surface area contributed by atoms with Gasteiger partial charge in [-0.2, -0.15) is 0 Å². The van der Waals surface area contributed by atoms with Crippen LogP contribution in [0.3, 0.4) is 0 Å². The fraction of sp³-hybridized carbons (Fsp3) is 0.833. The van der Waals surface area contributed by atoms with Crippen LogP contribution >= 0.6 is 0 Å². The molecule has 0 aliphatic heterocycles. The van der Waals surface area contributed by atoms with Crippen LogP contribution < -0.4 is 5.73 Å². The molecule has 1 unspecified atom stereocenters. The summed E-state index contributed by atoms with van der Waals surface area (Å²) in [4.78, 5) is 10.7. The Labute approximate surface area is 60.0 Å². The van der Waals surface area contributed by atoms with Gasteiger partial charge in [0.15, 0.2) is 0 Å². The minimum absolute atomic E-state index is 0.159. The second-order valence-corrected chi connectivity index (χ2v) is 2.00. The SMILES string of the molecule is CCOC(=O)C(N)(O)CC. The van der Waals surface area contributed by atoms with E-state index in [0.717, 1.165) is 0 Å². The first-order chi connectivity index (χ1) is 4.54. The van der Waals surface area contributed by atoms with Crippen LogP contribution in [0, 0.1) is 0 Å². The van der Waals surface area contributed by atoms with Crippen LogP contribution in [-0.4, -0.2) is 23.4 Å². The monoisotopic (exact) mass is 147 g/mol. The molecule has 1 atom stereocenters. The number of ether oxygens (including phenoxy) is 1. The third kappa shape index (κ3) is 2.33. The number of aliphatic hydroxyl groups is 1. The first kappa shape index (κ1) is 9.39. The Hall–Kier alpha value is -0.610. The number of carbonyl (C=O) groups excluding carboxylic acids is 1. The molecule has 10 heavy (non-hydrogen) atoms. The van der Waals surface area contributed by atoms with Gasteiger partial charge >= 0.3 is 5.97 Å². The number of carbonyl (C=O) groups is 1. The summed E-state index contributed by atoms with van der Waals surface area (Å²) in [5.41, 5.74) is 3.32. The molecule has 0 rings (SSSR count). The zero-order chi connectivity index (χ0) is 8.20. The van der Waals surface area contributed by atoms with Crippen molar-refractivity contribution in [2.75, 3.05) is 6.61 Å². The minimum Gasteiger partial charge on any atom is -0.463 e. The number of esters is 1. The van der Waals surface area contributed by atoms with Gasteiger partial charge in [0.2, 0.25) is 5.72 Å². The molecule has 0 aliphatic rings. The molecule has 0 amide bonds. The molecule has 4 heteroatoms. The van der Waals surface area contributed by atoms with Gasteiger partial charge in [0, 0.05) is 0 Å². The predicted octanol–water partition coefficient (Wildman–Crippen LogP) is -0.393. The molecular formula is C6H13NO3. The van der Waals surface area contributed by atoms with Crippen molar-refractivity contribution in [3.8, 4) is 0 Å². The van der Waals surface area contributed by atoms with Gasteiger partial charge in [-0.25, -0.2) is 4.79 Å². The summed E-state index contributed by atoms with van der Waals surface area (Å²) in [7, 11) is 0. The lowest BCUT2D eigenvalue weighted by atomic mass is 10.2. The first-order valence-corrected chi connectivity index (χ1v) is 3.23. The van der Waals surface area contributed by atoms with Gasteiger partial charge in [0.25, 0.3) is 0 Å². The lowest BCUT2D eigenvalue weighted by Crippen LogP contribution is -2.48. The van der Waals surface area contributed by atoms with Gasteiger partial charge in [0.1, 0.15) is 0 Å². The smallest absolute Gasteiger partial charge is 0.353 e. The van der Waals surface area contributed by atoms with Gasteiger partial charge in [-0.1, -0.05) is 6.92 Å². The highest BCUT2D eigenvalue weighted by Gasteiger charge is 2.29. The molecule has 0 bridgehead atoms. The van der Waals surface area contributed by atoms with Gasteiger partial charge < -0.3 is 9.84 Å². The summed E-state index contributed by atoms with van der Waals surface area (Å²) in [6, 6.07) is 0. The Morgan fingerprint density at radius 2 is 2.20 bits per heavy atom. The molecule has 60 valence electrons. The van der Waals surface area contributed by atoms with E-state index in [1.807, 2.05) is 0 Å². The van der Waals surface area contributed by atoms with Crippen molar-refractivity contribution in [2.24, 2.45) is 5.73 Å². The van der Waals surface area contributed by atoms with E-state index >= 15 is 0 Å². The predicted molar refractivity (Wildman–Crippen MR) is 36.1 cm³/mol. The van der Waals surface area contributed by atoms with E-state index in [9.17, 15) is 4.79 Å². The Morgan fingerprint density at radius 1 is 1.70 bits per heavy atom. The van der Waals surface area contributed by atoms with E-state index in [0.29, 0.717) is 0 Å². The van der Waals surface area contributed by atoms with E-state index in [2.05, 4.69) is 4.74 Å². The Kier molecular flexibility index (Phi) is 3.32. The summed E-state index contributed by atoms with van der Waals surface area (Å²) in [5, 5.41) is 9.03. The van der Waals surface area contributed by atoms with E-state index < -0.39 is 11.7 Å². The third-order valence-corrected chi connectivity index (χ3v) is 1.17. The van der Waals surface area contributed by atoms with Crippen LogP contribution in [0.1, 0.15) is 20.3 Å². The zero-order valence-corrected chi connectivity index (χ0v) is 6.26. The highest BCUT2D eigenvalue weighted by Crippen LogP contribution is 2.02. The molecule has 3 N–H and O–H groups in total. The lowest BCUT2D eigenvalue weighted by Gasteiger charge is -2.17. The number of hydrogen-bond donors (Lipinski definition) is 2. The molecule has 0 spiro atoms. The highest BCUT2D eigenvalue weighted by molar-refractivity contribution is 5.78. The van der Waals surface area contributed by atoms with Crippen LogP contribution in [0.15, 0.2) is 0 Å². The molecule has 0 aromatic rings. The van der Waals surface area contributed by atoms with Crippen LogP contribution in [0.25, 0.3) is 0 Å². The molecule has 0 saturated carbocycles.